The van der Waals surface area contributed by atoms with E-state index in [1.807, 2.05) is 30.3 Å². The molecule has 0 saturated carbocycles. The predicted octanol–water partition coefficient (Wildman–Crippen LogP) is 4.32. The van der Waals surface area contributed by atoms with E-state index in [0.29, 0.717) is 29.4 Å². The SMILES string of the molecule is COCCN(CC(=O)N1N=C(c2ccc(OC)cc2OC)C[C@H]1c1ccc(OC)cc1)C(=O)c1cccc(F)c1. The van der Waals surface area contributed by atoms with Crippen LogP contribution in [0.4, 0.5) is 4.39 Å². The number of methoxy groups -OCH3 is 4. The zero-order chi connectivity index (χ0) is 28.6. The average Bonchev–Trinajstić information content (AvgIpc) is 3.44. The second-order valence-corrected chi connectivity index (χ2v) is 9.07. The molecule has 0 saturated heterocycles. The van der Waals surface area contributed by atoms with E-state index in [4.69, 9.17) is 24.0 Å². The van der Waals surface area contributed by atoms with Gasteiger partial charge >= 0.3 is 0 Å². The Morgan fingerprint density at radius 3 is 2.33 bits per heavy atom. The molecule has 10 heteroatoms. The minimum atomic E-state index is -0.536. The summed E-state index contributed by atoms with van der Waals surface area (Å²) in [5.74, 6) is 0.456. The fourth-order valence-electron chi connectivity index (χ4n) is 4.52. The molecular weight excluding hydrogens is 517 g/mol. The third-order valence-corrected chi connectivity index (χ3v) is 6.64. The van der Waals surface area contributed by atoms with Crippen LogP contribution in [0.3, 0.4) is 0 Å². The van der Waals surface area contributed by atoms with Crippen molar-refractivity contribution in [2.24, 2.45) is 5.10 Å². The summed E-state index contributed by atoms with van der Waals surface area (Å²) in [6.07, 6.45) is 0.413. The van der Waals surface area contributed by atoms with Crippen LogP contribution in [0, 0.1) is 5.82 Å². The summed E-state index contributed by atoms with van der Waals surface area (Å²) < 4.78 is 35.2. The number of carbonyl (C=O) groups excluding carboxylic acids is 2. The number of ether oxygens (including phenoxy) is 4. The normalized spacial score (nSPS) is 14.5. The molecule has 1 aliphatic heterocycles. The third kappa shape index (κ3) is 6.40. The molecule has 0 unspecified atom stereocenters. The lowest BCUT2D eigenvalue weighted by Gasteiger charge is -2.27. The van der Waals surface area contributed by atoms with Crippen molar-refractivity contribution >= 4 is 17.5 Å². The molecule has 0 N–H and O–H groups in total. The molecule has 9 nitrogen and oxygen atoms in total. The number of carbonyl (C=O) groups is 2. The van der Waals surface area contributed by atoms with Crippen molar-refractivity contribution in [1.29, 1.82) is 0 Å². The van der Waals surface area contributed by atoms with E-state index in [2.05, 4.69) is 0 Å². The average molecular weight is 550 g/mol. The summed E-state index contributed by atoms with van der Waals surface area (Å²) in [7, 11) is 6.22. The van der Waals surface area contributed by atoms with E-state index in [1.54, 1.807) is 33.5 Å². The molecule has 3 aromatic carbocycles. The predicted molar refractivity (Wildman–Crippen MR) is 147 cm³/mol. The highest BCUT2D eigenvalue weighted by Gasteiger charge is 2.35. The van der Waals surface area contributed by atoms with Gasteiger partial charge in [-0.3, -0.25) is 9.59 Å². The van der Waals surface area contributed by atoms with Crippen LogP contribution in [-0.4, -0.2) is 75.6 Å². The van der Waals surface area contributed by atoms with Gasteiger partial charge in [-0.1, -0.05) is 18.2 Å². The molecule has 0 spiro atoms. The summed E-state index contributed by atoms with van der Waals surface area (Å²) in [6.45, 7) is 0.0667. The molecule has 1 aliphatic rings. The molecule has 4 rings (SSSR count). The topological polar surface area (TPSA) is 89.9 Å². The van der Waals surface area contributed by atoms with Crippen molar-refractivity contribution in [2.75, 3.05) is 48.1 Å². The first kappa shape index (κ1) is 28.6. The second kappa shape index (κ2) is 13.1. The molecule has 0 fully saturated rings. The quantitative estimate of drug-likeness (QED) is 0.354. The smallest absolute Gasteiger partial charge is 0.262 e. The van der Waals surface area contributed by atoms with Crippen LogP contribution in [-0.2, 0) is 9.53 Å². The summed E-state index contributed by atoms with van der Waals surface area (Å²) >= 11 is 0. The molecule has 210 valence electrons. The van der Waals surface area contributed by atoms with E-state index < -0.39 is 23.7 Å². The van der Waals surface area contributed by atoms with Crippen LogP contribution in [0.15, 0.2) is 71.8 Å². The Bertz CT molecular complexity index is 1380. The van der Waals surface area contributed by atoms with Gasteiger partial charge in [0.2, 0.25) is 0 Å². The maximum atomic E-state index is 13.8. The monoisotopic (exact) mass is 549 g/mol. The van der Waals surface area contributed by atoms with Crippen molar-refractivity contribution in [3.63, 3.8) is 0 Å². The molecule has 0 bridgehead atoms. The summed E-state index contributed by atoms with van der Waals surface area (Å²) in [6, 6.07) is 17.8. The Balaban J connectivity index is 1.68. The van der Waals surface area contributed by atoms with Gasteiger partial charge in [-0.05, 0) is 48.0 Å². The molecule has 0 radical (unpaired) electrons. The van der Waals surface area contributed by atoms with Crippen LogP contribution < -0.4 is 14.2 Å². The number of hydrogen-bond acceptors (Lipinski definition) is 7. The van der Waals surface area contributed by atoms with Gasteiger partial charge in [0.15, 0.2) is 0 Å². The van der Waals surface area contributed by atoms with E-state index >= 15 is 0 Å². The lowest BCUT2D eigenvalue weighted by molar-refractivity contribution is -0.133. The van der Waals surface area contributed by atoms with Crippen molar-refractivity contribution < 1.29 is 32.9 Å². The Morgan fingerprint density at radius 1 is 0.950 bits per heavy atom. The number of nitrogens with zero attached hydrogens (tertiary/aromatic N) is 3. The Hall–Kier alpha value is -4.44. The number of halogens is 1. The van der Waals surface area contributed by atoms with Gasteiger partial charge in [0, 0.05) is 37.3 Å². The fraction of sp³-hybridized carbons (Fsp3) is 0.300. The molecule has 1 heterocycles. The van der Waals surface area contributed by atoms with Crippen LogP contribution in [0.1, 0.15) is 33.9 Å². The van der Waals surface area contributed by atoms with Crippen molar-refractivity contribution in [3.8, 4) is 17.2 Å². The molecule has 1 atom stereocenters. The highest BCUT2D eigenvalue weighted by atomic mass is 19.1. The van der Waals surface area contributed by atoms with Crippen LogP contribution in [0.2, 0.25) is 0 Å². The Labute approximate surface area is 232 Å². The lowest BCUT2D eigenvalue weighted by atomic mass is 9.97. The maximum Gasteiger partial charge on any atom is 0.262 e. The van der Waals surface area contributed by atoms with Crippen molar-refractivity contribution in [1.82, 2.24) is 9.91 Å². The zero-order valence-electron chi connectivity index (χ0n) is 22.9. The first-order valence-electron chi connectivity index (χ1n) is 12.7. The van der Waals surface area contributed by atoms with Gasteiger partial charge in [-0.2, -0.15) is 5.10 Å². The van der Waals surface area contributed by atoms with Crippen molar-refractivity contribution in [2.45, 2.75) is 12.5 Å². The van der Waals surface area contributed by atoms with E-state index in [0.717, 1.165) is 17.2 Å². The lowest BCUT2D eigenvalue weighted by Crippen LogP contribution is -2.42. The molecule has 0 aliphatic carbocycles. The van der Waals surface area contributed by atoms with E-state index in [9.17, 15) is 14.0 Å². The number of amides is 2. The maximum absolute atomic E-state index is 13.8. The standard InChI is InChI=1S/C30H32FN3O6/c1-37-15-14-33(30(36)21-6-5-7-22(31)16-21)19-29(35)34-27(20-8-10-23(38-2)11-9-20)18-26(32-34)25-13-12-24(39-3)17-28(25)40-4/h5-13,16-17,27H,14-15,18-19H2,1-4H3/t27-/m0/s1. The van der Waals surface area contributed by atoms with E-state index in [-0.39, 0.29) is 25.3 Å². The molecular formula is C30H32FN3O6. The van der Waals surface area contributed by atoms with Gasteiger partial charge in [0.05, 0.1) is 39.7 Å². The van der Waals surface area contributed by atoms with Crippen molar-refractivity contribution in [3.05, 3.63) is 89.2 Å². The highest BCUT2D eigenvalue weighted by molar-refractivity contribution is 6.05. The second-order valence-electron chi connectivity index (χ2n) is 9.07. The number of hydrazone groups is 1. The van der Waals surface area contributed by atoms with E-state index in [1.165, 1.54) is 35.2 Å². The van der Waals surface area contributed by atoms with Crippen LogP contribution in [0.25, 0.3) is 0 Å². The Kier molecular flexibility index (Phi) is 9.34. The first-order chi connectivity index (χ1) is 19.4. The molecule has 0 aromatic heterocycles. The van der Waals surface area contributed by atoms with Gasteiger partial charge in [-0.15, -0.1) is 0 Å². The number of rotatable bonds is 11. The largest absolute Gasteiger partial charge is 0.497 e. The summed E-state index contributed by atoms with van der Waals surface area (Å²) in [5, 5.41) is 6.12. The van der Waals surface area contributed by atoms with Gasteiger partial charge in [0.25, 0.3) is 11.8 Å². The molecule has 2 amide bonds. The summed E-state index contributed by atoms with van der Waals surface area (Å²) in [5.41, 5.74) is 2.36. The minimum Gasteiger partial charge on any atom is -0.497 e. The highest BCUT2D eigenvalue weighted by Crippen LogP contribution is 2.36. The van der Waals surface area contributed by atoms with Gasteiger partial charge in [-0.25, -0.2) is 9.40 Å². The summed E-state index contributed by atoms with van der Waals surface area (Å²) in [4.78, 5) is 28.4. The third-order valence-electron chi connectivity index (χ3n) is 6.64. The first-order valence-corrected chi connectivity index (χ1v) is 12.7. The molecule has 40 heavy (non-hydrogen) atoms. The zero-order valence-corrected chi connectivity index (χ0v) is 22.9. The minimum absolute atomic E-state index is 0.140. The van der Waals surface area contributed by atoms with Gasteiger partial charge < -0.3 is 23.8 Å². The van der Waals surface area contributed by atoms with Crippen LogP contribution in [0.5, 0.6) is 17.2 Å². The van der Waals surface area contributed by atoms with Crippen LogP contribution >= 0.6 is 0 Å². The Morgan fingerprint density at radius 2 is 1.68 bits per heavy atom. The van der Waals surface area contributed by atoms with Gasteiger partial charge in [0.1, 0.15) is 29.6 Å². The molecule has 3 aromatic rings. The number of benzene rings is 3. The number of hydrogen-bond donors (Lipinski definition) is 0. The fourth-order valence-corrected chi connectivity index (χ4v) is 4.52.